The van der Waals surface area contributed by atoms with E-state index in [1.54, 1.807) is 0 Å². The zero-order chi connectivity index (χ0) is 30.0. The van der Waals surface area contributed by atoms with Gasteiger partial charge in [-0.1, -0.05) is 12.6 Å². The molecule has 6 rings (SSSR count). The minimum Gasteiger partial charge on any atom is -0.352 e. The lowest BCUT2D eigenvalue weighted by atomic mass is 9.93. The number of hydrogen-bond donors (Lipinski definition) is 0. The van der Waals surface area contributed by atoms with E-state index >= 15 is 0 Å². The van der Waals surface area contributed by atoms with Crippen molar-refractivity contribution in [1.29, 1.82) is 0 Å². The zero-order valence-corrected chi connectivity index (χ0v) is 28.0. The molecule has 0 N–H and O–H groups in total. The third-order valence-corrected chi connectivity index (χ3v) is 10.1. The predicted octanol–water partition coefficient (Wildman–Crippen LogP) is 4.68. The molecule has 1 unspecified atom stereocenters. The van der Waals surface area contributed by atoms with E-state index in [0.717, 1.165) is 62.9 Å². The van der Waals surface area contributed by atoms with Gasteiger partial charge in [0.05, 0.1) is 40.1 Å². The first-order valence-electron chi connectivity index (χ1n) is 14.2. The molecule has 0 bridgehead atoms. The lowest BCUT2D eigenvalue weighted by molar-refractivity contribution is -0.128. The fourth-order valence-electron chi connectivity index (χ4n) is 6.31. The van der Waals surface area contributed by atoms with Crippen LogP contribution in [0.5, 0.6) is 0 Å². The first-order chi connectivity index (χ1) is 20.0. The molecule has 0 spiro atoms. The highest BCUT2D eigenvalue weighted by Gasteiger charge is 2.33. The Morgan fingerprint density at radius 3 is 2.50 bits per heavy atom. The maximum Gasteiger partial charge on any atom is 0.246 e. The van der Waals surface area contributed by atoms with Gasteiger partial charge in [-0.3, -0.25) is 7.58 Å². The Morgan fingerprint density at radius 2 is 1.83 bits per heavy atom. The molecule has 2 fully saturated rings. The molecule has 2 aromatic heterocycles. The van der Waals surface area contributed by atoms with Crippen molar-refractivity contribution in [2.24, 2.45) is 0 Å². The number of carbonyl (C=O) groups excluding carboxylic acids is 1. The van der Waals surface area contributed by atoms with Gasteiger partial charge in [-0.25, -0.2) is 9.37 Å². The number of aryl methyl sites for hydroxylation is 2. The van der Waals surface area contributed by atoms with Crippen LogP contribution >= 0.6 is 32.1 Å². The van der Waals surface area contributed by atoms with E-state index in [4.69, 9.17) is 9.97 Å². The number of halogens is 2. The number of anilines is 2. The number of piperazine rings is 1. The fourth-order valence-corrected chi connectivity index (χ4v) is 7.65. The van der Waals surface area contributed by atoms with Gasteiger partial charge >= 0.3 is 0 Å². The van der Waals surface area contributed by atoms with Crippen molar-refractivity contribution < 1.29 is 9.18 Å². The summed E-state index contributed by atoms with van der Waals surface area (Å²) >= 11 is 2.16. The van der Waals surface area contributed by atoms with E-state index in [0.29, 0.717) is 37.0 Å². The number of carbonyl (C=O) groups is 1. The normalized spacial score (nSPS) is 17.9. The topological polar surface area (TPSA) is 60.7 Å². The first-order valence-corrected chi connectivity index (χ1v) is 15.7. The lowest BCUT2D eigenvalue weighted by Gasteiger charge is -2.44. The molecule has 2 aliphatic heterocycles. The van der Waals surface area contributed by atoms with Gasteiger partial charge in [-0.05, 0) is 69.8 Å². The Hall–Kier alpha value is -2.82. The Labute approximate surface area is 262 Å². The van der Waals surface area contributed by atoms with Crippen LogP contribution in [0.1, 0.15) is 18.1 Å². The number of hydrogen-bond acceptors (Lipinski definition) is 6. The van der Waals surface area contributed by atoms with Crippen LogP contribution in [0.3, 0.4) is 0 Å². The molecule has 1 amide bonds. The molecule has 42 heavy (non-hydrogen) atoms. The smallest absolute Gasteiger partial charge is 0.246 e. The molecule has 2 saturated heterocycles. The third-order valence-electron chi connectivity index (χ3n) is 8.79. The first kappa shape index (κ1) is 29.3. The van der Waals surface area contributed by atoms with E-state index in [1.807, 2.05) is 19.8 Å². The minimum atomic E-state index is -0.229. The van der Waals surface area contributed by atoms with E-state index < -0.39 is 0 Å². The molecule has 2 atom stereocenters. The molecule has 0 radical (unpaired) electrons. The Bertz CT molecular complexity index is 1750. The number of amides is 1. The number of fused-ring (bicyclic) bond motifs is 2. The summed E-state index contributed by atoms with van der Waals surface area (Å²) in [7, 11) is 7.16. The van der Waals surface area contributed by atoms with Gasteiger partial charge in [0.2, 0.25) is 11.9 Å². The molecule has 0 saturated carbocycles. The molecule has 4 aromatic rings. The van der Waals surface area contributed by atoms with Gasteiger partial charge < -0.3 is 19.6 Å². The number of nitrogens with zero attached hydrogens (tertiary/aromatic N) is 7. The maximum atomic E-state index is 14.9. The quantitative estimate of drug-likeness (QED) is 0.172. The van der Waals surface area contributed by atoms with Gasteiger partial charge in [0, 0.05) is 66.4 Å². The molecule has 11 heteroatoms. The Balaban J connectivity index is 1.54. The average Bonchev–Trinajstić information content (AvgIpc) is 3.21. The van der Waals surface area contributed by atoms with Crippen LogP contribution in [0.25, 0.3) is 32.9 Å². The fraction of sp³-hybridized carbons (Fsp3) is 0.387. The van der Waals surface area contributed by atoms with Crippen LogP contribution in [0.2, 0.25) is 0 Å². The second kappa shape index (κ2) is 11.0. The highest BCUT2D eigenvalue weighted by Crippen LogP contribution is 2.40. The van der Waals surface area contributed by atoms with Crippen molar-refractivity contribution in [3.05, 3.63) is 54.0 Å². The molecule has 0 aliphatic carbocycles. The second-order valence-corrected chi connectivity index (χ2v) is 13.3. The number of rotatable bonds is 5. The van der Waals surface area contributed by atoms with Crippen LogP contribution in [-0.2, 0) is 4.79 Å². The van der Waals surface area contributed by atoms with Crippen molar-refractivity contribution >= 4 is 76.9 Å². The highest BCUT2D eigenvalue weighted by atomic mass is 127. The SMILES string of the molecule is C=CC(=O)N1CCN(c2nc(N3CC(N(C)C)C3)nc3c(P)c(-c4c(C)ccc5c(F)cn(I)c45)c(C)cc23)C[C@H]1C. The van der Waals surface area contributed by atoms with Gasteiger partial charge in [0.25, 0.3) is 0 Å². The molecule has 8 nitrogen and oxygen atoms in total. The molecule has 2 aliphatic rings. The van der Waals surface area contributed by atoms with Crippen LogP contribution in [0.15, 0.2) is 37.1 Å². The van der Waals surface area contributed by atoms with E-state index in [1.165, 1.54) is 12.3 Å². The molecule has 4 heterocycles. The number of benzene rings is 2. The molecule has 2 aromatic carbocycles. The summed E-state index contributed by atoms with van der Waals surface area (Å²) in [6, 6.07) is 6.50. The summed E-state index contributed by atoms with van der Waals surface area (Å²) in [5, 5.41) is 2.56. The Morgan fingerprint density at radius 1 is 1.10 bits per heavy atom. The summed E-state index contributed by atoms with van der Waals surface area (Å²) in [6.07, 6.45) is 2.93. The molecular formula is C31H36FIN7OP. The minimum absolute atomic E-state index is 0.0160. The van der Waals surface area contributed by atoms with Crippen molar-refractivity contribution in [2.45, 2.75) is 32.9 Å². The van der Waals surface area contributed by atoms with Crippen molar-refractivity contribution in [2.75, 3.05) is 56.6 Å². The van der Waals surface area contributed by atoms with Gasteiger partial charge in [0.15, 0.2) is 0 Å². The zero-order valence-electron chi connectivity index (χ0n) is 24.7. The lowest BCUT2D eigenvalue weighted by Crippen LogP contribution is -2.58. The standard InChI is InChI=1S/C31H36FIN7OP/c1-7-24(41)39-11-10-37(13-19(39)4)30-22-12-18(3)26(25-17(2)8-9-21-23(32)16-40(33)28(21)25)29(42)27(22)34-31(35-30)38-14-20(15-38)36(5)6/h7-9,12,16,19-20H,1,10-11,13-15,42H2,2-6H3/t19-/m1/s1. The van der Waals surface area contributed by atoms with Crippen LogP contribution in [0, 0.1) is 19.7 Å². The summed E-state index contributed by atoms with van der Waals surface area (Å²) in [5.74, 6) is 1.33. The Kier molecular flexibility index (Phi) is 7.68. The molecule has 220 valence electrons. The van der Waals surface area contributed by atoms with Gasteiger partial charge in [-0.2, -0.15) is 4.98 Å². The van der Waals surface area contributed by atoms with E-state index in [9.17, 15) is 9.18 Å². The van der Waals surface area contributed by atoms with E-state index in [-0.39, 0.29) is 17.8 Å². The third kappa shape index (κ3) is 4.75. The molecular weight excluding hydrogens is 663 g/mol. The predicted molar refractivity (Wildman–Crippen MR) is 182 cm³/mol. The highest BCUT2D eigenvalue weighted by molar-refractivity contribution is 14.1. The van der Waals surface area contributed by atoms with Crippen LogP contribution in [-0.4, -0.2) is 87.4 Å². The second-order valence-electron chi connectivity index (χ2n) is 11.7. The summed E-state index contributed by atoms with van der Waals surface area (Å²) in [4.78, 5) is 31.4. The van der Waals surface area contributed by atoms with E-state index in [2.05, 4.69) is 94.3 Å². The van der Waals surface area contributed by atoms with Crippen molar-refractivity contribution in [3.63, 3.8) is 0 Å². The largest absolute Gasteiger partial charge is 0.352 e. The number of aromatic nitrogens is 3. The maximum absolute atomic E-state index is 14.9. The van der Waals surface area contributed by atoms with Crippen LogP contribution < -0.4 is 15.1 Å². The van der Waals surface area contributed by atoms with Gasteiger partial charge in [-0.15, -0.1) is 9.24 Å². The number of likely N-dealkylation sites (N-methyl/N-ethyl adjacent to an activating group) is 1. The summed E-state index contributed by atoms with van der Waals surface area (Å²) in [6.45, 7) is 13.6. The van der Waals surface area contributed by atoms with Crippen LogP contribution in [0.4, 0.5) is 16.2 Å². The van der Waals surface area contributed by atoms with Gasteiger partial charge in [0.1, 0.15) is 11.6 Å². The van der Waals surface area contributed by atoms with Crippen molar-refractivity contribution in [1.82, 2.24) is 22.5 Å². The summed E-state index contributed by atoms with van der Waals surface area (Å²) in [5.41, 5.74) is 5.94. The monoisotopic (exact) mass is 699 g/mol. The average molecular weight is 700 g/mol. The van der Waals surface area contributed by atoms with Crippen molar-refractivity contribution in [3.8, 4) is 11.1 Å². The summed E-state index contributed by atoms with van der Waals surface area (Å²) < 4.78 is 16.7.